The monoisotopic (exact) mass is 242 g/mol. The molecule has 0 fully saturated rings. The Balaban J connectivity index is 1.97. The molecule has 18 heavy (non-hydrogen) atoms. The third-order valence-corrected chi connectivity index (χ3v) is 2.78. The molecule has 0 aliphatic rings. The molecule has 1 heterocycles. The van der Waals surface area contributed by atoms with Crippen LogP contribution in [0.4, 0.5) is 5.82 Å². The fourth-order valence-corrected chi connectivity index (χ4v) is 1.68. The molecule has 0 unspecified atom stereocenters. The summed E-state index contributed by atoms with van der Waals surface area (Å²) in [5.74, 6) is 1.74. The first-order valence-corrected chi connectivity index (χ1v) is 6.17. The molecule has 1 aromatic heterocycles. The van der Waals surface area contributed by atoms with Crippen molar-refractivity contribution in [1.82, 2.24) is 4.98 Å². The van der Waals surface area contributed by atoms with Crippen molar-refractivity contribution >= 4 is 5.82 Å². The molecule has 3 nitrogen and oxygen atoms in total. The third kappa shape index (κ3) is 3.23. The first-order chi connectivity index (χ1) is 8.81. The maximum atomic E-state index is 5.70. The Labute approximate surface area is 108 Å². The van der Waals surface area contributed by atoms with E-state index in [4.69, 9.17) is 4.74 Å². The summed E-state index contributed by atoms with van der Waals surface area (Å²) in [6, 6.07) is 14.0. The molecule has 3 heteroatoms. The van der Waals surface area contributed by atoms with Gasteiger partial charge in [0.2, 0.25) is 0 Å². The van der Waals surface area contributed by atoms with Crippen molar-refractivity contribution in [3.05, 3.63) is 53.7 Å². The van der Waals surface area contributed by atoms with Gasteiger partial charge in [0, 0.05) is 7.05 Å². The lowest BCUT2D eigenvalue weighted by Crippen LogP contribution is -2.00. The summed E-state index contributed by atoms with van der Waals surface area (Å²) in [4.78, 5) is 4.40. The summed E-state index contributed by atoms with van der Waals surface area (Å²) in [6.07, 6.45) is 1.05. The number of hydrogen-bond donors (Lipinski definition) is 1. The number of nitrogens with one attached hydrogen (secondary N) is 1. The van der Waals surface area contributed by atoms with E-state index in [0.717, 1.165) is 23.7 Å². The third-order valence-electron chi connectivity index (χ3n) is 2.78. The highest BCUT2D eigenvalue weighted by atomic mass is 16.5. The van der Waals surface area contributed by atoms with Crippen LogP contribution >= 0.6 is 0 Å². The fourth-order valence-electron chi connectivity index (χ4n) is 1.68. The van der Waals surface area contributed by atoms with Gasteiger partial charge in [-0.25, -0.2) is 4.98 Å². The molecule has 0 atom stereocenters. The summed E-state index contributed by atoms with van der Waals surface area (Å²) < 4.78 is 5.70. The second kappa shape index (κ2) is 6.05. The molecular formula is C15H18N2O. The first kappa shape index (κ1) is 12.4. The summed E-state index contributed by atoms with van der Waals surface area (Å²) in [5.41, 5.74) is 2.24. The minimum Gasteiger partial charge on any atom is -0.487 e. The van der Waals surface area contributed by atoms with Crippen LogP contribution < -0.4 is 10.1 Å². The van der Waals surface area contributed by atoms with Gasteiger partial charge >= 0.3 is 0 Å². The number of aryl methyl sites for hydroxylation is 1. The van der Waals surface area contributed by atoms with Crippen LogP contribution in [0.3, 0.4) is 0 Å². The van der Waals surface area contributed by atoms with Crippen molar-refractivity contribution in [2.75, 3.05) is 12.4 Å². The van der Waals surface area contributed by atoms with Crippen molar-refractivity contribution in [2.24, 2.45) is 0 Å². The Morgan fingerprint density at radius 1 is 1.11 bits per heavy atom. The average molecular weight is 242 g/mol. The highest BCUT2D eigenvalue weighted by Crippen LogP contribution is 2.14. The van der Waals surface area contributed by atoms with E-state index in [9.17, 15) is 0 Å². The summed E-state index contributed by atoms with van der Waals surface area (Å²) >= 11 is 0. The lowest BCUT2D eigenvalue weighted by molar-refractivity contribution is 0.301. The van der Waals surface area contributed by atoms with E-state index in [1.165, 1.54) is 5.56 Å². The van der Waals surface area contributed by atoms with Gasteiger partial charge in [-0.05, 0) is 36.2 Å². The maximum Gasteiger partial charge on any atom is 0.130 e. The van der Waals surface area contributed by atoms with E-state index in [-0.39, 0.29) is 0 Å². The zero-order valence-corrected chi connectivity index (χ0v) is 10.8. The van der Waals surface area contributed by atoms with Crippen LogP contribution in [0.5, 0.6) is 5.75 Å². The molecule has 0 radical (unpaired) electrons. The zero-order valence-electron chi connectivity index (χ0n) is 10.8. The van der Waals surface area contributed by atoms with Gasteiger partial charge in [-0.2, -0.15) is 0 Å². The second-order valence-corrected chi connectivity index (χ2v) is 4.05. The molecule has 0 saturated carbocycles. The quantitative estimate of drug-likeness (QED) is 0.873. The van der Waals surface area contributed by atoms with Gasteiger partial charge in [-0.1, -0.05) is 25.1 Å². The van der Waals surface area contributed by atoms with Crippen molar-refractivity contribution in [3.63, 3.8) is 0 Å². The van der Waals surface area contributed by atoms with E-state index < -0.39 is 0 Å². The predicted molar refractivity (Wildman–Crippen MR) is 73.9 cm³/mol. The number of benzene rings is 1. The Kier molecular flexibility index (Phi) is 4.18. The highest BCUT2D eigenvalue weighted by Gasteiger charge is 1.98. The van der Waals surface area contributed by atoms with Gasteiger partial charge in [0.05, 0.1) is 5.69 Å². The number of ether oxygens (including phenoxy) is 1. The van der Waals surface area contributed by atoms with Crippen LogP contribution in [-0.4, -0.2) is 12.0 Å². The van der Waals surface area contributed by atoms with E-state index in [1.807, 2.05) is 37.4 Å². The normalized spacial score (nSPS) is 10.1. The molecule has 0 bridgehead atoms. The average Bonchev–Trinajstić information content (AvgIpc) is 2.46. The SMILES string of the molecule is CCc1ccc(OCc2cccc(NC)n2)cc1. The lowest BCUT2D eigenvalue weighted by atomic mass is 10.2. The number of hydrogen-bond acceptors (Lipinski definition) is 3. The highest BCUT2D eigenvalue weighted by molar-refractivity contribution is 5.34. The van der Waals surface area contributed by atoms with Crippen molar-refractivity contribution in [1.29, 1.82) is 0 Å². The van der Waals surface area contributed by atoms with Gasteiger partial charge in [0.1, 0.15) is 18.2 Å². The van der Waals surface area contributed by atoms with Crippen LogP contribution in [0, 0.1) is 0 Å². The Hall–Kier alpha value is -2.03. The molecular weight excluding hydrogens is 224 g/mol. The van der Waals surface area contributed by atoms with Crippen LogP contribution in [0.1, 0.15) is 18.2 Å². The Morgan fingerprint density at radius 3 is 2.56 bits per heavy atom. The molecule has 2 rings (SSSR count). The van der Waals surface area contributed by atoms with Crippen LogP contribution in [0.2, 0.25) is 0 Å². The van der Waals surface area contributed by atoms with E-state index in [2.05, 4.69) is 29.4 Å². The summed E-state index contributed by atoms with van der Waals surface area (Å²) in [5, 5.41) is 3.01. The van der Waals surface area contributed by atoms with Gasteiger partial charge in [-0.3, -0.25) is 0 Å². The number of rotatable bonds is 5. The molecule has 0 saturated heterocycles. The van der Waals surface area contributed by atoms with Gasteiger partial charge in [0.15, 0.2) is 0 Å². The zero-order chi connectivity index (χ0) is 12.8. The minimum absolute atomic E-state index is 0.487. The smallest absolute Gasteiger partial charge is 0.130 e. The Morgan fingerprint density at radius 2 is 1.89 bits per heavy atom. The minimum atomic E-state index is 0.487. The standard InChI is InChI=1S/C15H18N2O/c1-3-12-7-9-14(10-8-12)18-11-13-5-4-6-15(16-2)17-13/h4-10H,3,11H2,1-2H3,(H,16,17). The van der Waals surface area contributed by atoms with Gasteiger partial charge in [0.25, 0.3) is 0 Å². The molecule has 2 aromatic rings. The predicted octanol–water partition coefficient (Wildman–Crippen LogP) is 3.26. The number of pyridine rings is 1. The molecule has 0 amide bonds. The van der Waals surface area contributed by atoms with Gasteiger partial charge < -0.3 is 10.1 Å². The van der Waals surface area contributed by atoms with Crippen LogP contribution in [0.25, 0.3) is 0 Å². The fraction of sp³-hybridized carbons (Fsp3) is 0.267. The van der Waals surface area contributed by atoms with Crippen molar-refractivity contribution in [3.8, 4) is 5.75 Å². The van der Waals surface area contributed by atoms with Crippen molar-refractivity contribution in [2.45, 2.75) is 20.0 Å². The summed E-state index contributed by atoms with van der Waals surface area (Å²) in [7, 11) is 1.86. The molecule has 1 aromatic carbocycles. The van der Waals surface area contributed by atoms with E-state index >= 15 is 0 Å². The second-order valence-electron chi connectivity index (χ2n) is 4.05. The molecule has 0 spiro atoms. The topological polar surface area (TPSA) is 34.1 Å². The number of nitrogens with zero attached hydrogens (tertiary/aromatic N) is 1. The number of anilines is 1. The molecule has 0 aliphatic carbocycles. The largest absolute Gasteiger partial charge is 0.487 e. The first-order valence-electron chi connectivity index (χ1n) is 6.17. The Bertz CT molecular complexity index is 494. The van der Waals surface area contributed by atoms with Gasteiger partial charge in [-0.15, -0.1) is 0 Å². The maximum absolute atomic E-state index is 5.70. The van der Waals surface area contributed by atoms with E-state index in [1.54, 1.807) is 0 Å². The van der Waals surface area contributed by atoms with E-state index in [0.29, 0.717) is 6.61 Å². The molecule has 1 N–H and O–H groups in total. The molecule has 94 valence electrons. The lowest BCUT2D eigenvalue weighted by Gasteiger charge is -2.07. The number of aromatic nitrogens is 1. The van der Waals surface area contributed by atoms with Crippen LogP contribution in [0.15, 0.2) is 42.5 Å². The molecule has 0 aliphatic heterocycles. The summed E-state index contributed by atoms with van der Waals surface area (Å²) in [6.45, 7) is 2.63. The van der Waals surface area contributed by atoms with Crippen molar-refractivity contribution < 1.29 is 4.74 Å². The van der Waals surface area contributed by atoms with Crippen LogP contribution in [-0.2, 0) is 13.0 Å².